The number of carbonyl (C=O) groups is 1. The van der Waals surface area contributed by atoms with Crippen LogP contribution in [-0.4, -0.2) is 36.7 Å². The third-order valence-electron chi connectivity index (χ3n) is 3.17. The molecule has 0 aromatic carbocycles. The Hall–Kier alpha value is -2.51. The van der Waals surface area contributed by atoms with Gasteiger partial charge in [-0.15, -0.1) is 5.10 Å². The van der Waals surface area contributed by atoms with Crippen LogP contribution in [0.3, 0.4) is 0 Å². The number of hydrogen-bond acceptors (Lipinski definition) is 5. The normalized spacial score (nSPS) is 12.4. The Morgan fingerprint density at radius 1 is 1.38 bits per heavy atom. The molecule has 2 heterocycles. The van der Waals surface area contributed by atoms with Crippen LogP contribution in [0.25, 0.3) is 0 Å². The molecule has 0 saturated carbocycles. The first kappa shape index (κ1) is 14.9. The number of nitrogens with one attached hydrogen (secondary N) is 1. The van der Waals surface area contributed by atoms with Crippen molar-refractivity contribution in [2.75, 3.05) is 0 Å². The minimum Gasteiger partial charge on any atom is -0.346 e. The van der Waals surface area contributed by atoms with Gasteiger partial charge < -0.3 is 5.32 Å². The molecule has 8 nitrogen and oxygen atoms in total. The highest BCUT2D eigenvalue weighted by Gasteiger charge is 2.19. The molecule has 1 amide bonds. The molecule has 1 atom stereocenters. The summed E-state index contributed by atoms with van der Waals surface area (Å²) in [6.45, 7) is 4.54. The van der Waals surface area contributed by atoms with Crippen molar-refractivity contribution < 1.29 is 4.79 Å². The summed E-state index contributed by atoms with van der Waals surface area (Å²) < 4.78 is 2.80. The van der Waals surface area contributed by atoms with Crippen LogP contribution in [0.15, 0.2) is 29.3 Å². The molecule has 2 rings (SSSR count). The van der Waals surface area contributed by atoms with Crippen LogP contribution in [0.5, 0.6) is 0 Å². The molecule has 8 heteroatoms. The topological polar surface area (TPSA) is 94.7 Å². The van der Waals surface area contributed by atoms with Gasteiger partial charge in [0.25, 0.3) is 11.5 Å². The van der Waals surface area contributed by atoms with Gasteiger partial charge in [0.2, 0.25) is 0 Å². The van der Waals surface area contributed by atoms with E-state index in [2.05, 4.69) is 20.7 Å². The van der Waals surface area contributed by atoms with Crippen LogP contribution in [0.2, 0.25) is 0 Å². The number of rotatable bonds is 5. The van der Waals surface area contributed by atoms with Crippen molar-refractivity contribution in [1.29, 1.82) is 0 Å². The summed E-state index contributed by atoms with van der Waals surface area (Å²) in [4.78, 5) is 23.5. The van der Waals surface area contributed by atoms with E-state index in [9.17, 15) is 9.59 Å². The zero-order valence-corrected chi connectivity index (χ0v) is 12.2. The molecular formula is C13H18N6O2. The maximum Gasteiger partial charge on any atom is 0.272 e. The van der Waals surface area contributed by atoms with E-state index in [-0.39, 0.29) is 29.1 Å². The summed E-state index contributed by atoms with van der Waals surface area (Å²) in [6, 6.07) is 2.63. The molecule has 21 heavy (non-hydrogen) atoms. The van der Waals surface area contributed by atoms with E-state index in [4.69, 9.17) is 0 Å². The van der Waals surface area contributed by atoms with Crippen LogP contribution in [0.1, 0.15) is 24.3 Å². The van der Waals surface area contributed by atoms with Gasteiger partial charge in [0.15, 0.2) is 0 Å². The van der Waals surface area contributed by atoms with Crippen LogP contribution in [-0.2, 0) is 13.6 Å². The van der Waals surface area contributed by atoms with Crippen molar-refractivity contribution in [2.24, 2.45) is 13.0 Å². The fourth-order valence-corrected chi connectivity index (χ4v) is 1.82. The standard InChI is InChI=1S/C13H18N6O2/c1-9(2)11(8-19-7-6-14-17-19)15-13(21)10-4-5-12(20)18(3)16-10/h4-7,9,11H,8H2,1-3H3,(H,15,21). The van der Waals surface area contributed by atoms with Gasteiger partial charge in [-0.2, -0.15) is 5.10 Å². The van der Waals surface area contributed by atoms with Crippen LogP contribution < -0.4 is 10.9 Å². The molecule has 0 aliphatic heterocycles. The highest BCUT2D eigenvalue weighted by molar-refractivity contribution is 5.92. The van der Waals surface area contributed by atoms with Gasteiger partial charge in [-0.25, -0.2) is 4.68 Å². The predicted octanol–water partition coefficient (Wildman–Crippen LogP) is -0.174. The van der Waals surface area contributed by atoms with Gasteiger partial charge in [0, 0.05) is 19.3 Å². The Morgan fingerprint density at radius 2 is 2.14 bits per heavy atom. The zero-order chi connectivity index (χ0) is 15.4. The van der Waals surface area contributed by atoms with E-state index in [1.54, 1.807) is 17.1 Å². The van der Waals surface area contributed by atoms with Crippen molar-refractivity contribution in [3.05, 3.63) is 40.6 Å². The second-order valence-electron chi connectivity index (χ2n) is 5.13. The summed E-state index contributed by atoms with van der Waals surface area (Å²) in [5.74, 6) is -0.102. The van der Waals surface area contributed by atoms with Crippen molar-refractivity contribution in [1.82, 2.24) is 30.1 Å². The highest BCUT2D eigenvalue weighted by atomic mass is 16.2. The maximum absolute atomic E-state index is 12.2. The number of amides is 1. The molecule has 0 bridgehead atoms. The van der Waals surface area contributed by atoms with Gasteiger partial charge in [0.1, 0.15) is 5.69 Å². The van der Waals surface area contributed by atoms with Gasteiger partial charge >= 0.3 is 0 Å². The fourth-order valence-electron chi connectivity index (χ4n) is 1.82. The molecule has 2 aromatic heterocycles. The molecule has 0 aliphatic carbocycles. The summed E-state index contributed by atoms with van der Waals surface area (Å²) in [5.41, 5.74) is -0.0454. The largest absolute Gasteiger partial charge is 0.346 e. The average Bonchev–Trinajstić information content (AvgIpc) is 2.93. The van der Waals surface area contributed by atoms with E-state index >= 15 is 0 Å². The third kappa shape index (κ3) is 3.74. The second-order valence-corrected chi connectivity index (χ2v) is 5.13. The monoisotopic (exact) mass is 290 g/mol. The molecule has 112 valence electrons. The maximum atomic E-state index is 12.2. The minimum absolute atomic E-state index is 0.113. The molecular weight excluding hydrogens is 272 g/mol. The first-order valence-electron chi connectivity index (χ1n) is 6.66. The highest BCUT2D eigenvalue weighted by Crippen LogP contribution is 2.05. The lowest BCUT2D eigenvalue weighted by Crippen LogP contribution is -2.42. The van der Waals surface area contributed by atoms with Crippen LogP contribution >= 0.6 is 0 Å². The molecule has 0 fully saturated rings. The Morgan fingerprint density at radius 3 is 2.71 bits per heavy atom. The first-order valence-corrected chi connectivity index (χ1v) is 6.66. The van der Waals surface area contributed by atoms with E-state index in [0.29, 0.717) is 6.54 Å². The van der Waals surface area contributed by atoms with E-state index in [1.807, 2.05) is 13.8 Å². The Balaban J connectivity index is 2.10. The zero-order valence-electron chi connectivity index (χ0n) is 12.2. The number of nitrogens with zero attached hydrogens (tertiary/aromatic N) is 5. The fraction of sp³-hybridized carbons (Fsp3) is 0.462. The van der Waals surface area contributed by atoms with Gasteiger partial charge in [-0.05, 0) is 12.0 Å². The molecule has 0 spiro atoms. The molecule has 0 radical (unpaired) electrons. The predicted molar refractivity (Wildman–Crippen MR) is 75.6 cm³/mol. The number of carbonyl (C=O) groups excluding carboxylic acids is 1. The number of aromatic nitrogens is 5. The van der Waals surface area contributed by atoms with Crippen molar-refractivity contribution in [2.45, 2.75) is 26.4 Å². The lowest BCUT2D eigenvalue weighted by molar-refractivity contribution is 0.0911. The Kier molecular flexibility index (Phi) is 4.46. The second kappa shape index (κ2) is 6.29. The van der Waals surface area contributed by atoms with Gasteiger partial charge in [-0.1, -0.05) is 19.1 Å². The summed E-state index contributed by atoms with van der Waals surface area (Å²) in [5, 5.41) is 14.5. The SMILES string of the molecule is CC(C)C(Cn1ccnn1)NC(=O)c1ccc(=O)n(C)n1. The van der Waals surface area contributed by atoms with Gasteiger partial charge in [0.05, 0.1) is 18.8 Å². The van der Waals surface area contributed by atoms with Crippen molar-refractivity contribution in [3.63, 3.8) is 0 Å². The summed E-state index contributed by atoms with van der Waals surface area (Å²) >= 11 is 0. The first-order chi connectivity index (χ1) is 9.97. The van der Waals surface area contributed by atoms with Crippen molar-refractivity contribution >= 4 is 5.91 Å². The van der Waals surface area contributed by atoms with Crippen molar-refractivity contribution in [3.8, 4) is 0 Å². The summed E-state index contributed by atoms with van der Waals surface area (Å²) in [7, 11) is 1.51. The smallest absolute Gasteiger partial charge is 0.272 e. The minimum atomic E-state index is -0.315. The number of aryl methyl sites for hydroxylation is 1. The molecule has 2 aromatic rings. The molecule has 0 saturated heterocycles. The Bertz CT molecular complexity index is 662. The van der Waals surface area contributed by atoms with Crippen LogP contribution in [0.4, 0.5) is 0 Å². The van der Waals surface area contributed by atoms with E-state index in [1.165, 1.54) is 19.2 Å². The Labute approximate surface area is 121 Å². The quantitative estimate of drug-likeness (QED) is 0.824. The molecule has 1 unspecified atom stereocenters. The third-order valence-corrected chi connectivity index (χ3v) is 3.17. The lowest BCUT2D eigenvalue weighted by atomic mass is 10.0. The lowest BCUT2D eigenvalue weighted by Gasteiger charge is -2.21. The average molecular weight is 290 g/mol. The van der Waals surface area contributed by atoms with Gasteiger partial charge in [-0.3, -0.25) is 14.3 Å². The van der Waals surface area contributed by atoms with E-state index < -0.39 is 0 Å². The van der Waals surface area contributed by atoms with Crippen LogP contribution in [0, 0.1) is 5.92 Å². The molecule has 0 aliphatic rings. The van der Waals surface area contributed by atoms with E-state index in [0.717, 1.165) is 4.68 Å². The number of hydrogen-bond donors (Lipinski definition) is 1. The summed E-state index contributed by atoms with van der Waals surface area (Å²) in [6.07, 6.45) is 3.33. The molecule has 1 N–H and O–H groups in total.